The first-order chi connectivity index (χ1) is 19.3. The smallest absolute Gasteiger partial charge is 0.221 e. The van der Waals surface area contributed by atoms with Crippen LogP contribution in [0.15, 0.2) is 91.0 Å². The van der Waals surface area contributed by atoms with E-state index < -0.39 is 6.29 Å². The first-order valence-corrected chi connectivity index (χ1v) is 13.9. The van der Waals surface area contributed by atoms with Crippen molar-refractivity contribution in [3.63, 3.8) is 0 Å². The molecule has 40 heavy (non-hydrogen) atoms. The number of aliphatic hydroxyl groups excluding tert-OH is 1. The Balaban J connectivity index is 1.41. The number of fused-ring (bicyclic) bond motifs is 1. The van der Waals surface area contributed by atoms with Gasteiger partial charge in [-0.3, -0.25) is 9.69 Å². The Labute approximate surface area is 236 Å². The molecule has 1 fully saturated rings. The van der Waals surface area contributed by atoms with Crippen LogP contribution in [0.1, 0.15) is 61.5 Å². The molecule has 0 bridgehead atoms. The van der Waals surface area contributed by atoms with E-state index in [1.165, 1.54) is 23.3 Å². The SMILES string of the molecule is CC(=O)Nc1cccc(C2OC(CN(C)C(C)c3ccc4ccccc4c3)C(C)C(c3ccc(CO)cc3)O2)c1. The fourth-order valence-electron chi connectivity index (χ4n) is 5.46. The highest BCUT2D eigenvalue weighted by molar-refractivity contribution is 5.88. The number of nitrogens with one attached hydrogen (secondary N) is 1. The van der Waals surface area contributed by atoms with Gasteiger partial charge in [0, 0.05) is 36.7 Å². The van der Waals surface area contributed by atoms with Gasteiger partial charge in [0.05, 0.1) is 18.8 Å². The van der Waals surface area contributed by atoms with Crippen LogP contribution >= 0.6 is 0 Å². The van der Waals surface area contributed by atoms with E-state index in [0.29, 0.717) is 12.2 Å². The van der Waals surface area contributed by atoms with Gasteiger partial charge in [-0.05, 0) is 59.6 Å². The molecular formula is C34H38N2O4. The highest BCUT2D eigenvalue weighted by Gasteiger charge is 2.39. The summed E-state index contributed by atoms with van der Waals surface area (Å²) in [5, 5.41) is 14.9. The number of carbonyl (C=O) groups excluding carboxylic acids is 1. The lowest BCUT2D eigenvalue weighted by Gasteiger charge is -2.43. The summed E-state index contributed by atoms with van der Waals surface area (Å²) < 4.78 is 13.2. The molecule has 0 radical (unpaired) electrons. The average Bonchev–Trinajstić information content (AvgIpc) is 2.97. The molecule has 1 amide bonds. The molecule has 0 aliphatic carbocycles. The van der Waals surface area contributed by atoms with Gasteiger partial charge in [-0.2, -0.15) is 0 Å². The summed E-state index contributed by atoms with van der Waals surface area (Å²) in [5.74, 6) is -0.0544. The van der Waals surface area contributed by atoms with Crippen molar-refractivity contribution in [2.24, 2.45) is 5.92 Å². The van der Waals surface area contributed by atoms with Crippen molar-refractivity contribution in [2.45, 2.75) is 51.9 Å². The summed E-state index contributed by atoms with van der Waals surface area (Å²) in [4.78, 5) is 14.0. The quantitative estimate of drug-likeness (QED) is 0.259. The van der Waals surface area contributed by atoms with Gasteiger partial charge in [0.2, 0.25) is 5.91 Å². The fraction of sp³-hybridized carbons (Fsp3) is 0.324. The van der Waals surface area contributed by atoms with E-state index in [1.807, 2.05) is 48.5 Å². The zero-order valence-corrected chi connectivity index (χ0v) is 23.6. The molecule has 5 atom stereocenters. The number of likely N-dealkylation sites (N-methyl/N-ethyl adjacent to an activating group) is 1. The summed E-state index contributed by atoms with van der Waals surface area (Å²) in [5.41, 5.74) is 4.73. The van der Waals surface area contributed by atoms with Crippen molar-refractivity contribution in [2.75, 3.05) is 18.9 Å². The molecule has 0 saturated carbocycles. The number of nitrogens with zero attached hydrogens (tertiary/aromatic N) is 1. The van der Waals surface area contributed by atoms with Crippen molar-refractivity contribution >= 4 is 22.4 Å². The Morgan fingerprint density at radius 3 is 2.40 bits per heavy atom. The van der Waals surface area contributed by atoms with Crippen molar-refractivity contribution in [1.29, 1.82) is 0 Å². The molecule has 1 aliphatic rings. The molecule has 1 heterocycles. The van der Waals surface area contributed by atoms with Crippen molar-refractivity contribution < 1.29 is 19.4 Å². The second kappa shape index (κ2) is 12.3. The molecule has 6 nitrogen and oxygen atoms in total. The molecule has 208 valence electrons. The molecule has 2 N–H and O–H groups in total. The van der Waals surface area contributed by atoms with Gasteiger partial charge in [0.15, 0.2) is 6.29 Å². The summed E-state index contributed by atoms with van der Waals surface area (Å²) >= 11 is 0. The topological polar surface area (TPSA) is 71.0 Å². The molecule has 4 aromatic carbocycles. The molecular weight excluding hydrogens is 500 g/mol. The standard InChI is InChI=1S/C34H38N2O4/c1-22-32(20-36(4)23(2)28-17-16-26-8-5-6-9-29(26)18-28)39-34(30-10-7-11-31(19-30)35-24(3)38)40-33(22)27-14-12-25(21-37)13-15-27/h5-19,22-23,32-34,37H,20-21H2,1-4H3,(H,35,38). The van der Waals surface area contributed by atoms with Crippen LogP contribution in [0.2, 0.25) is 0 Å². The van der Waals surface area contributed by atoms with Crippen molar-refractivity contribution in [3.05, 3.63) is 113 Å². The second-order valence-electron chi connectivity index (χ2n) is 10.9. The van der Waals surface area contributed by atoms with E-state index in [0.717, 1.165) is 16.7 Å². The van der Waals surface area contributed by atoms with E-state index in [4.69, 9.17) is 9.47 Å². The van der Waals surface area contributed by atoms with E-state index >= 15 is 0 Å². The second-order valence-corrected chi connectivity index (χ2v) is 10.9. The van der Waals surface area contributed by atoms with Crippen LogP contribution in [0.4, 0.5) is 5.69 Å². The summed E-state index contributed by atoms with van der Waals surface area (Å²) in [6, 6.07) is 30.9. The predicted molar refractivity (Wildman–Crippen MR) is 159 cm³/mol. The minimum absolute atomic E-state index is 0.00309. The van der Waals surface area contributed by atoms with Crippen LogP contribution < -0.4 is 5.32 Å². The van der Waals surface area contributed by atoms with Crippen LogP contribution in [0.25, 0.3) is 10.8 Å². The van der Waals surface area contributed by atoms with Crippen LogP contribution in [0.3, 0.4) is 0 Å². The van der Waals surface area contributed by atoms with Crippen LogP contribution in [0.5, 0.6) is 0 Å². The maximum atomic E-state index is 11.7. The molecule has 5 rings (SSSR count). The van der Waals surface area contributed by atoms with Crippen molar-refractivity contribution in [1.82, 2.24) is 4.90 Å². The van der Waals surface area contributed by atoms with Gasteiger partial charge in [-0.25, -0.2) is 0 Å². The van der Waals surface area contributed by atoms with Crippen LogP contribution in [0, 0.1) is 5.92 Å². The number of aliphatic hydroxyl groups is 1. The van der Waals surface area contributed by atoms with Gasteiger partial charge < -0.3 is 19.9 Å². The lowest BCUT2D eigenvalue weighted by Crippen LogP contribution is -2.44. The van der Waals surface area contributed by atoms with Gasteiger partial charge >= 0.3 is 0 Å². The zero-order valence-electron chi connectivity index (χ0n) is 23.6. The Kier molecular flexibility index (Phi) is 8.62. The first-order valence-electron chi connectivity index (χ1n) is 13.9. The van der Waals surface area contributed by atoms with Crippen molar-refractivity contribution in [3.8, 4) is 0 Å². The number of anilines is 1. The summed E-state index contributed by atoms with van der Waals surface area (Å²) in [6.45, 7) is 6.62. The summed E-state index contributed by atoms with van der Waals surface area (Å²) in [7, 11) is 2.14. The number of ether oxygens (including phenoxy) is 2. The molecule has 6 heteroatoms. The van der Waals surface area contributed by atoms with Gasteiger partial charge in [-0.15, -0.1) is 0 Å². The Hall–Kier alpha value is -3.55. The predicted octanol–water partition coefficient (Wildman–Crippen LogP) is 6.77. The third-order valence-electron chi connectivity index (χ3n) is 7.99. The first kappa shape index (κ1) is 28.0. The van der Waals surface area contributed by atoms with Crippen LogP contribution in [-0.4, -0.2) is 35.6 Å². The lowest BCUT2D eigenvalue weighted by atomic mass is 9.89. The maximum absolute atomic E-state index is 11.7. The van der Waals surface area contributed by atoms with E-state index in [2.05, 4.69) is 73.6 Å². The number of hydrogen-bond donors (Lipinski definition) is 2. The molecule has 5 unspecified atom stereocenters. The minimum Gasteiger partial charge on any atom is -0.392 e. The molecule has 1 saturated heterocycles. The van der Waals surface area contributed by atoms with Crippen LogP contribution in [-0.2, 0) is 20.9 Å². The fourth-order valence-corrected chi connectivity index (χ4v) is 5.46. The molecule has 0 spiro atoms. The monoisotopic (exact) mass is 538 g/mol. The van der Waals surface area contributed by atoms with Gasteiger partial charge in [0.25, 0.3) is 0 Å². The third kappa shape index (κ3) is 6.26. The molecule has 1 aliphatic heterocycles. The number of rotatable bonds is 8. The van der Waals surface area contributed by atoms with E-state index in [1.54, 1.807) is 0 Å². The Bertz CT molecular complexity index is 1450. The summed E-state index contributed by atoms with van der Waals surface area (Å²) in [6.07, 6.45) is -0.911. The van der Waals surface area contributed by atoms with Gasteiger partial charge in [0.1, 0.15) is 0 Å². The largest absolute Gasteiger partial charge is 0.392 e. The highest BCUT2D eigenvalue weighted by Crippen LogP contribution is 2.42. The molecule has 4 aromatic rings. The molecule has 0 aromatic heterocycles. The number of amides is 1. The van der Waals surface area contributed by atoms with E-state index in [9.17, 15) is 9.90 Å². The Morgan fingerprint density at radius 1 is 0.925 bits per heavy atom. The zero-order chi connectivity index (χ0) is 28.2. The normalized spacial score (nSPS) is 21.9. The van der Waals surface area contributed by atoms with Gasteiger partial charge in [-0.1, -0.05) is 79.7 Å². The lowest BCUT2D eigenvalue weighted by molar-refractivity contribution is -0.276. The number of hydrogen-bond acceptors (Lipinski definition) is 5. The minimum atomic E-state index is -0.596. The highest BCUT2D eigenvalue weighted by atomic mass is 16.7. The maximum Gasteiger partial charge on any atom is 0.221 e. The third-order valence-corrected chi connectivity index (χ3v) is 7.99. The number of benzene rings is 4. The average molecular weight is 539 g/mol. The van der Waals surface area contributed by atoms with E-state index in [-0.39, 0.29) is 36.7 Å². The number of carbonyl (C=O) groups is 1. The Morgan fingerprint density at radius 2 is 1.68 bits per heavy atom.